The number of nitrogens with one attached hydrogen (secondary N) is 1. The third-order valence-corrected chi connectivity index (χ3v) is 9.96. The molecule has 2 rings (SSSR count). The molecule has 0 radical (unpaired) electrons. The van der Waals surface area contributed by atoms with Crippen LogP contribution in [0.5, 0.6) is 0 Å². The minimum Gasteiger partial charge on any atom is -0.342 e. The number of piperidine rings is 2. The lowest BCUT2D eigenvalue weighted by atomic mass is 9.77. The molecule has 2 amide bonds. The van der Waals surface area contributed by atoms with E-state index in [1.54, 1.807) is 0 Å². The molecular formula is C36H73N5O2. The summed E-state index contributed by atoms with van der Waals surface area (Å²) in [6.45, 7) is 23.2. The quantitative estimate of drug-likeness (QED) is 0.143. The number of hydrogen-bond acceptors (Lipinski definition) is 5. The van der Waals surface area contributed by atoms with Gasteiger partial charge in [0, 0.05) is 47.3 Å². The van der Waals surface area contributed by atoms with E-state index in [0.717, 1.165) is 71.0 Å². The molecule has 0 aromatic carbocycles. The number of likely N-dealkylation sites (tertiary alicyclic amines) is 1. The standard InChI is InChI=1S/C21H42N2O.C15H31N3O/c1-7-8-9-10-11-12-13-14-15-23(18-24)19-16-20(2,3)22(6)21(4,5)17-19;1-14(2)10-13(11-15(3,4)16-14)18(12-19)9-7-8-17(5)6/h18-19H,7-17H2,1-6H3;12-13,16H,7-11H2,1-6H3. The Labute approximate surface area is 267 Å². The van der Waals surface area contributed by atoms with Crippen LogP contribution in [0.2, 0.25) is 0 Å². The summed E-state index contributed by atoms with van der Waals surface area (Å²) >= 11 is 0. The molecule has 0 atom stereocenters. The van der Waals surface area contributed by atoms with Crippen LogP contribution in [0.3, 0.4) is 0 Å². The van der Waals surface area contributed by atoms with Crippen molar-refractivity contribution >= 4 is 12.8 Å². The molecule has 0 aromatic rings. The van der Waals surface area contributed by atoms with E-state index in [9.17, 15) is 9.59 Å². The van der Waals surface area contributed by atoms with Crippen LogP contribution in [-0.2, 0) is 9.59 Å². The van der Waals surface area contributed by atoms with Gasteiger partial charge in [-0.3, -0.25) is 14.5 Å². The molecule has 0 spiro atoms. The summed E-state index contributed by atoms with van der Waals surface area (Å²) in [5.74, 6) is 0. The van der Waals surface area contributed by atoms with Crippen LogP contribution >= 0.6 is 0 Å². The van der Waals surface area contributed by atoms with Crippen LogP contribution in [0.15, 0.2) is 0 Å². The minimum atomic E-state index is 0.0925. The van der Waals surface area contributed by atoms with Gasteiger partial charge < -0.3 is 20.0 Å². The maximum Gasteiger partial charge on any atom is 0.209 e. The van der Waals surface area contributed by atoms with Crippen molar-refractivity contribution in [3.63, 3.8) is 0 Å². The van der Waals surface area contributed by atoms with Gasteiger partial charge in [-0.1, -0.05) is 51.9 Å². The summed E-state index contributed by atoms with van der Waals surface area (Å²) in [5, 5.41) is 3.66. The van der Waals surface area contributed by atoms with Crippen LogP contribution < -0.4 is 5.32 Å². The zero-order valence-corrected chi connectivity index (χ0v) is 30.7. The van der Waals surface area contributed by atoms with Crippen molar-refractivity contribution in [1.29, 1.82) is 0 Å². The summed E-state index contributed by atoms with van der Waals surface area (Å²) < 4.78 is 0. The van der Waals surface area contributed by atoms with Gasteiger partial charge in [-0.05, 0) is 122 Å². The first kappa shape index (κ1) is 39.8. The van der Waals surface area contributed by atoms with E-state index in [1.807, 2.05) is 4.90 Å². The third kappa shape index (κ3) is 14.6. The molecule has 1 N–H and O–H groups in total. The number of carbonyl (C=O) groups excluding carboxylic acids is 2. The average Bonchev–Trinajstić information content (AvgIpc) is 2.87. The second kappa shape index (κ2) is 18.1. The fraction of sp³-hybridized carbons (Fsp3) is 0.944. The van der Waals surface area contributed by atoms with Gasteiger partial charge in [-0.15, -0.1) is 0 Å². The molecule has 0 aliphatic carbocycles. The number of amides is 2. The number of carbonyl (C=O) groups is 2. The van der Waals surface area contributed by atoms with Crippen molar-refractivity contribution in [2.24, 2.45) is 0 Å². The second-order valence-electron chi connectivity index (χ2n) is 16.5. The van der Waals surface area contributed by atoms with E-state index in [4.69, 9.17) is 0 Å². The van der Waals surface area contributed by atoms with Gasteiger partial charge >= 0.3 is 0 Å². The van der Waals surface area contributed by atoms with E-state index < -0.39 is 0 Å². The number of rotatable bonds is 17. The first-order valence-electron chi connectivity index (χ1n) is 17.5. The molecule has 43 heavy (non-hydrogen) atoms. The average molecular weight is 608 g/mol. The molecule has 0 aromatic heterocycles. The normalized spacial score (nSPS) is 21.6. The Morgan fingerprint density at radius 2 is 1.02 bits per heavy atom. The van der Waals surface area contributed by atoms with Gasteiger partial charge in [0.05, 0.1) is 0 Å². The molecule has 2 saturated heterocycles. The number of unbranched alkanes of at least 4 members (excludes halogenated alkanes) is 7. The lowest BCUT2D eigenvalue weighted by molar-refractivity contribution is -0.125. The van der Waals surface area contributed by atoms with Crippen LogP contribution in [0.4, 0.5) is 0 Å². The van der Waals surface area contributed by atoms with E-state index >= 15 is 0 Å². The molecule has 0 unspecified atom stereocenters. The van der Waals surface area contributed by atoms with Crippen molar-refractivity contribution in [2.75, 3.05) is 40.8 Å². The Balaban J connectivity index is 0.000000442. The molecular weight excluding hydrogens is 534 g/mol. The van der Waals surface area contributed by atoms with Gasteiger partial charge in [-0.25, -0.2) is 0 Å². The molecule has 2 heterocycles. The van der Waals surface area contributed by atoms with E-state index in [-0.39, 0.29) is 22.2 Å². The zero-order chi connectivity index (χ0) is 32.9. The summed E-state index contributed by atoms with van der Waals surface area (Å²) in [6, 6.07) is 0.735. The summed E-state index contributed by atoms with van der Waals surface area (Å²) in [6.07, 6.45) is 17.9. The Morgan fingerprint density at radius 3 is 1.44 bits per heavy atom. The zero-order valence-electron chi connectivity index (χ0n) is 30.7. The molecule has 2 aliphatic rings. The Hall–Kier alpha value is -1.18. The topological polar surface area (TPSA) is 59.1 Å². The third-order valence-electron chi connectivity index (χ3n) is 9.96. The van der Waals surface area contributed by atoms with Crippen molar-refractivity contribution in [1.82, 2.24) is 24.9 Å². The molecule has 0 saturated carbocycles. The molecule has 0 bridgehead atoms. The van der Waals surface area contributed by atoms with Crippen molar-refractivity contribution in [3.05, 3.63) is 0 Å². The maximum absolute atomic E-state index is 11.7. The first-order chi connectivity index (χ1) is 19.9. The summed E-state index contributed by atoms with van der Waals surface area (Å²) in [7, 11) is 6.37. The highest BCUT2D eigenvalue weighted by Crippen LogP contribution is 2.38. The number of nitrogens with zero attached hydrogens (tertiary/aromatic N) is 4. The van der Waals surface area contributed by atoms with Crippen LogP contribution in [0.1, 0.15) is 146 Å². The largest absolute Gasteiger partial charge is 0.342 e. The van der Waals surface area contributed by atoms with E-state index in [1.165, 1.54) is 44.9 Å². The lowest BCUT2D eigenvalue weighted by Crippen LogP contribution is -2.62. The Kier molecular flexibility index (Phi) is 16.8. The highest BCUT2D eigenvalue weighted by atomic mass is 16.1. The summed E-state index contributed by atoms with van der Waals surface area (Å²) in [5.41, 5.74) is 0.477. The maximum atomic E-state index is 11.7. The summed E-state index contributed by atoms with van der Waals surface area (Å²) in [4.78, 5) is 31.8. The smallest absolute Gasteiger partial charge is 0.209 e. The van der Waals surface area contributed by atoms with Crippen LogP contribution in [0.25, 0.3) is 0 Å². The molecule has 7 nitrogen and oxygen atoms in total. The predicted molar refractivity (Wildman–Crippen MR) is 185 cm³/mol. The fourth-order valence-corrected chi connectivity index (χ4v) is 7.70. The van der Waals surface area contributed by atoms with Crippen molar-refractivity contribution < 1.29 is 9.59 Å². The van der Waals surface area contributed by atoms with Crippen molar-refractivity contribution in [3.8, 4) is 0 Å². The van der Waals surface area contributed by atoms with Crippen LogP contribution in [-0.4, -0.2) is 107 Å². The molecule has 2 fully saturated rings. The second-order valence-corrected chi connectivity index (χ2v) is 16.5. The van der Waals surface area contributed by atoms with Gasteiger partial charge in [0.2, 0.25) is 12.8 Å². The highest BCUT2D eigenvalue weighted by molar-refractivity contribution is 5.48. The van der Waals surface area contributed by atoms with E-state index in [0.29, 0.717) is 12.1 Å². The van der Waals surface area contributed by atoms with Gasteiger partial charge in [0.25, 0.3) is 0 Å². The fourth-order valence-electron chi connectivity index (χ4n) is 7.70. The number of hydrogen-bond donors (Lipinski definition) is 1. The van der Waals surface area contributed by atoms with E-state index in [2.05, 4.69) is 103 Å². The molecule has 2 aliphatic heterocycles. The van der Waals surface area contributed by atoms with Crippen molar-refractivity contribution in [2.45, 2.75) is 180 Å². The van der Waals surface area contributed by atoms with Crippen LogP contribution in [0, 0.1) is 0 Å². The van der Waals surface area contributed by atoms with Gasteiger partial charge in [-0.2, -0.15) is 0 Å². The monoisotopic (exact) mass is 608 g/mol. The van der Waals surface area contributed by atoms with Gasteiger partial charge in [0.15, 0.2) is 0 Å². The Morgan fingerprint density at radius 1 is 0.628 bits per heavy atom. The molecule has 7 heteroatoms. The SMILES string of the molecule is CCCCCCCCCCN(C=O)C1CC(C)(C)N(C)C(C)(C)C1.CN(C)CCCN(C=O)C1CC(C)(C)NC(C)(C)C1. The first-order valence-corrected chi connectivity index (χ1v) is 17.5. The predicted octanol–water partition coefficient (Wildman–Crippen LogP) is 6.94. The molecule has 254 valence electrons. The van der Waals surface area contributed by atoms with Gasteiger partial charge in [0.1, 0.15) is 0 Å². The highest BCUT2D eigenvalue weighted by Gasteiger charge is 2.44. The lowest BCUT2D eigenvalue weighted by Gasteiger charge is -2.55. The minimum absolute atomic E-state index is 0.0925. The Bertz CT molecular complexity index is 761.